The van der Waals surface area contributed by atoms with Crippen LogP contribution < -0.4 is 0 Å². The Morgan fingerprint density at radius 2 is 1.57 bits per heavy atom. The highest BCUT2D eigenvalue weighted by atomic mass is 35.5. The molecule has 126 valence electrons. The first-order valence-corrected chi connectivity index (χ1v) is 7.41. The van der Waals surface area contributed by atoms with Crippen molar-refractivity contribution < 1.29 is 30.9 Å². The van der Waals surface area contributed by atoms with E-state index in [1.807, 2.05) is 0 Å². The molecule has 3 nitrogen and oxygen atoms in total. The fourth-order valence-corrected chi connectivity index (χ4v) is 2.89. The van der Waals surface area contributed by atoms with E-state index >= 15 is 0 Å². The van der Waals surface area contributed by atoms with Crippen LogP contribution in [0, 0.1) is 0 Å². The summed E-state index contributed by atoms with van der Waals surface area (Å²) in [6.45, 7) is 0. The molecule has 2 rings (SSSR count). The maximum atomic E-state index is 12.6. The molecule has 23 heavy (non-hydrogen) atoms. The Kier molecular flexibility index (Phi) is 4.82. The Balaban J connectivity index is 2.46. The van der Waals surface area contributed by atoms with Crippen LogP contribution in [0.2, 0.25) is 10.0 Å². The molecule has 0 amide bonds. The van der Waals surface area contributed by atoms with E-state index in [0.717, 1.165) is 17.1 Å². The van der Waals surface area contributed by atoms with Gasteiger partial charge in [-0.1, -0.05) is 23.2 Å². The zero-order chi connectivity index (χ0) is 17.6. The number of halogens is 8. The van der Waals surface area contributed by atoms with Crippen LogP contribution in [0.15, 0.2) is 29.7 Å². The fraction of sp³-hybridized carbons (Fsp3) is 0.182. The quantitative estimate of drug-likeness (QED) is 0.539. The van der Waals surface area contributed by atoms with Crippen LogP contribution in [-0.2, 0) is 17.4 Å². The van der Waals surface area contributed by atoms with Crippen LogP contribution in [0.4, 0.5) is 26.3 Å². The molecule has 12 heteroatoms. The van der Waals surface area contributed by atoms with E-state index in [4.69, 9.17) is 23.2 Å². The molecule has 0 aliphatic rings. The number of alkyl halides is 6. The lowest BCUT2D eigenvalue weighted by molar-refractivity contribution is -0.137. The third kappa shape index (κ3) is 3.87. The molecule has 1 aromatic carbocycles. The molecule has 0 spiro atoms. The summed E-state index contributed by atoms with van der Waals surface area (Å²) in [5.74, 6) is 0. The Hall–Kier alpha value is -1.10. The molecule has 0 bridgehead atoms. The first-order chi connectivity index (χ1) is 10.4. The minimum atomic E-state index is -5.02. The van der Waals surface area contributed by atoms with E-state index < -0.39 is 43.5 Å². The lowest BCUT2D eigenvalue weighted by atomic mass is 10.2. The summed E-state index contributed by atoms with van der Waals surface area (Å²) in [5.41, 5.74) is -6.35. The topological polar surface area (TPSA) is 40.9 Å². The van der Waals surface area contributed by atoms with E-state index in [2.05, 4.69) is 4.98 Å². The minimum absolute atomic E-state index is 0.209. The molecular weight excluding hydrogens is 393 g/mol. The molecule has 0 N–H and O–H groups in total. The van der Waals surface area contributed by atoms with E-state index in [0.29, 0.717) is 12.1 Å². The molecule has 0 fully saturated rings. The van der Waals surface area contributed by atoms with Gasteiger partial charge < -0.3 is 4.55 Å². The second kappa shape index (κ2) is 6.08. The first-order valence-electron chi connectivity index (χ1n) is 5.50. The van der Waals surface area contributed by atoms with Gasteiger partial charge in [0, 0.05) is 0 Å². The van der Waals surface area contributed by atoms with E-state index in [1.54, 1.807) is 0 Å². The molecule has 1 atom stereocenters. The van der Waals surface area contributed by atoms with Gasteiger partial charge in [0.2, 0.25) is 0 Å². The number of hydrogen-bond donors (Lipinski definition) is 0. The van der Waals surface area contributed by atoms with Crippen molar-refractivity contribution in [2.45, 2.75) is 16.7 Å². The lowest BCUT2D eigenvalue weighted by Crippen LogP contribution is -2.23. The SMILES string of the molecule is [O-][S+](c1cn(-c2c(Cl)cc(C(F)(F)F)cc2Cl)cn1)C(F)(F)F. The monoisotopic (exact) mass is 396 g/mol. The molecule has 0 saturated heterocycles. The Bertz CT molecular complexity index is 707. The van der Waals surface area contributed by atoms with Gasteiger partial charge in [0.05, 0.1) is 27.5 Å². The van der Waals surface area contributed by atoms with Gasteiger partial charge in [0.15, 0.2) is 0 Å². The van der Waals surface area contributed by atoms with Crippen molar-refractivity contribution in [3.63, 3.8) is 0 Å². The maximum Gasteiger partial charge on any atom is 0.579 e. The van der Waals surface area contributed by atoms with Crippen molar-refractivity contribution in [3.8, 4) is 5.69 Å². The molecular formula is C11H4Cl2F6N2OS. The Morgan fingerprint density at radius 1 is 1.04 bits per heavy atom. The molecule has 0 aliphatic carbocycles. The van der Waals surface area contributed by atoms with Crippen molar-refractivity contribution >= 4 is 34.4 Å². The van der Waals surface area contributed by atoms with Gasteiger partial charge in [-0.15, -0.1) is 13.2 Å². The highest BCUT2D eigenvalue weighted by Gasteiger charge is 2.47. The predicted octanol–water partition coefficient (Wildman–Crippen LogP) is 4.83. The zero-order valence-corrected chi connectivity index (χ0v) is 12.9. The number of nitrogens with zero attached hydrogens (tertiary/aromatic N) is 2. The van der Waals surface area contributed by atoms with Crippen molar-refractivity contribution in [2.75, 3.05) is 0 Å². The molecule has 2 aromatic rings. The summed E-state index contributed by atoms with van der Waals surface area (Å²) < 4.78 is 87.0. The highest BCUT2D eigenvalue weighted by Crippen LogP contribution is 2.38. The third-order valence-electron chi connectivity index (χ3n) is 2.56. The number of benzene rings is 1. The summed E-state index contributed by atoms with van der Waals surface area (Å²) in [7, 11) is 0. The smallest absolute Gasteiger partial charge is 0.579 e. The predicted molar refractivity (Wildman–Crippen MR) is 71.0 cm³/mol. The molecule has 1 aromatic heterocycles. The van der Waals surface area contributed by atoms with E-state index in [-0.39, 0.29) is 5.69 Å². The van der Waals surface area contributed by atoms with Crippen molar-refractivity contribution in [1.82, 2.24) is 9.55 Å². The summed E-state index contributed by atoms with van der Waals surface area (Å²) in [5, 5.41) is -1.73. The van der Waals surface area contributed by atoms with Gasteiger partial charge in [-0.3, -0.25) is 4.57 Å². The standard InChI is InChI=1S/C11H4Cl2F6N2OS/c12-6-1-5(10(14,15)16)2-7(13)9(6)21-3-8(20-4-21)23(22)11(17,18)19/h1-4H. The molecule has 0 aliphatic heterocycles. The Morgan fingerprint density at radius 3 is 2.00 bits per heavy atom. The number of aromatic nitrogens is 2. The summed E-state index contributed by atoms with van der Waals surface area (Å²) in [4.78, 5) is 3.32. The van der Waals surface area contributed by atoms with Gasteiger partial charge in [-0.2, -0.15) is 18.2 Å². The summed E-state index contributed by atoms with van der Waals surface area (Å²) in [6, 6.07) is 1.15. The van der Waals surface area contributed by atoms with E-state index in [9.17, 15) is 30.9 Å². The zero-order valence-electron chi connectivity index (χ0n) is 10.5. The fourth-order valence-electron chi connectivity index (χ4n) is 1.62. The van der Waals surface area contributed by atoms with E-state index in [1.165, 1.54) is 0 Å². The molecule has 0 radical (unpaired) electrons. The van der Waals surface area contributed by atoms with Gasteiger partial charge in [-0.05, 0) is 12.1 Å². The van der Waals surface area contributed by atoms with Crippen LogP contribution in [-0.4, -0.2) is 19.6 Å². The van der Waals surface area contributed by atoms with Gasteiger partial charge in [0.1, 0.15) is 17.5 Å². The molecule has 1 unspecified atom stereocenters. The second-order valence-electron chi connectivity index (χ2n) is 4.12. The summed E-state index contributed by atoms with van der Waals surface area (Å²) in [6.07, 6.45) is -3.15. The van der Waals surface area contributed by atoms with Gasteiger partial charge >= 0.3 is 11.7 Å². The number of rotatable bonds is 2. The average Bonchev–Trinajstić information content (AvgIpc) is 2.84. The first kappa shape index (κ1) is 18.2. The van der Waals surface area contributed by atoms with Crippen LogP contribution in [0.25, 0.3) is 5.69 Å². The largest absolute Gasteiger partial charge is 0.603 e. The van der Waals surface area contributed by atoms with Gasteiger partial charge in [-0.25, -0.2) is 0 Å². The van der Waals surface area contributed by atoms with Crippen molar-refractivity contribution in [3.05, 3.63) is 40.3 Å². The molecule has 0 saturated carbocycles. The maximum absolute atomic E-state index is 12.6. The summed E-state index contributed by atoms with van der Waals surface area (Å²) >= 11 is 8.06. The lowest BCUT2D eigenvalue weighted by Gasteiger charge is -2.12. The van der Waals surface area contributed by atoms with Crippen molar-refractivity contribution in [2.24, 2.45) is 0 Å². The minimum Gasteiger partial charge on any atom is -0.603 e. The number of imidazole rings is 1. The number of hydrogen-bond acceptors (Lipinski definition) is 2. The normalized spacial score (nSPS) is 14.1. The van der Waals surface area contributed by atoms with Gasteiger partial charge in [0.25, 0.3) is 5.03 Å². The van der Waals surface area contributed by atoms with Crippen LogP contribution >= 0.6 is 23.2 Å². The Labute approximate surface area is 138 Å². The van der Waals surface area contributed by atoms with Crippen LogP contribution in [0.5, 0.6) is 0 Å². The molecule has 1 heterocycles. The second-order valence-corrected chi connectivity index (χ2v) is 6.35. The van der Waals surface area contributed by atoms with Crippen LogP contribution in [0.3, 0.4) is 0 Å². The van der Waals surface area contributed by atoms with Crippen LogP contribution in [0.1, 0.15) is 5.56 Å². The third-order valence-corrected chi connectivity index (χ3v) is 4.15. The average molecular weight is 397 g/mol. The highest BCUT2D eigenvalue weighted by molar-refractivity contribution is 7.92. The van der Waals surface area contributed by atoms with Crippen molar-refractivity contribution in [1.29, 1.82) is 0 Å².